The summed E-state index contributed by atoms with van der Waals surface area (Å²) in [5.41, 5.74) is 9.24. The quantitative estimate of drug-likeness (QED) is 0.491. The minimum absolute atomic E-state index is 0.268. The van der Waals surface area contributed by atoms with Crippen molar-refractivity contribution in [2.75, 3.05) is 20.0 Å². The maximum Gasteiger partial charge on any atom is 0.175 e. The predicted molar refractivity (Wildman–Crippen MR) is 118 cm³/mol. The first kappa shape index (κ1) is 19.7. The van der Waals surface area contributed by atoms with Crippen molar-refractivity contribution in [1.29, 1.82) is 0 Å². The molecule has 8 nitrogen and oxygen atoms in total. The van der Waals surface area contributed by atoms with E-state index in [4.69, 9.17) is 20.2 Å². The molecule has 0 bridgehead atoms. The third-order valence-electron chi connectivity index (χ3n) is 5.54. The number of ether oxygens (including phenoxy) is 2. The fourth-order valence-electron chi connectivity index (χ4n) is 4.02. The number of hydrogen-bond acceptors (Lipinski definition) is 8. The number of imidazole rings is 1. The van der Waals surface area contributed by atoms with Gasteiger partial charge in [-0.05, 0) is 47.5 Å². The molecular weight excluding hydrogens is 414 g/mol. The zero-order valence-electron chi connectivity index (χ0n) is 17.0. The highest BCUT2D eigenvalue weighted by Crippen LogP contribution is 2.45. The van der Waals surface area contributed by atoms with Crippen LogP contribution in [0.2, 0.25) is 0 Å². The lowest BCUT2D eigenvalue weighted by Gasteiger charge is -2.20. The molecule has 0 saturated carbocycles. The summed E-state index contributed by atoms with van der Waals surface area (Å²) in [6, 6.07) is 13.2. The number of anilines is 1. The lowest BCUT2D eigenvalue weighted by atomic mass is 10.1. The van der Waals surface area contributed by atoms with Crippen molar-refractivity contribution < 1.29 is 14.6 Å². The molecule has 1 aliphatic carbocycles. The second-order valence-electron chi connectivity index (χ2n) is 7.23. The number of methoxy groups -OCH3 is 2. The average Bonchev–Trinajstić information content (AvgIpc) is 3.32. The van der Waals surface area contributed by atoms with Crippen LogP contribution in [0.1, 0.15) is 23.3 Å². The second-order valence-corrected chi connectivity index (χ2v) is 8.24. The van der Waals surface area contributed by atoms with Crippen molar-refractivity contribution in [2.45, 2.75) is 28.6 Å². The number of benzene rings is 2. The van der Waals surface area contributed by atoms with Gasteiger partial charge in [0.2, 0.25) is 0 Å². The van der Waals surface area contributed by atoms with Crippen LogP contribution in [0.3, 0.4) is 0 Å². The van der Waals surface area contributed by atoms with Gasteiger partial charge in [-0.25, -0.2) is 15.0 Å². The van der Waals surface area contributed by atoms with Crippen molar-refractivity contribution >= 4 is 28.7 Å². The van der Waals surface area contributed by atoms with E-state index in [0.29, 0.717) is 40.1 Å². The number of aliphatic hydroxyl groups is 1. The zero-order valence-corrected chi connectivity index (χ0v) is 17.8. The van der Waals surface area contributed by atoms with Gasteiger partial charge in [-0.2, -0.15) is 0 Å². The van der Waals surface area contributed by atoms with Crippen LogP contribution in [0, 0.1) is 0 Å². The van der Waals surface area contributed by atoms with Gasteiger partial charge in [0.05, 0.1) is 25.2 Å². The van der Waals surface area contributed by atoms with Crippen LogP contribution < -0.4 is 15.2 Å². The summed E-state index contributed by atoms with van der Waals surface area (Å²) >= 11 is 1.41. The van der Waals surface area contributed by atoms with E-state index >= 15 is 0 Å². The SMILES string of the molecule is COc1ccc(OC)c(Sc2nc3c(N)ncnc3n2C2Cc3ccccc3C2O)c1. The van der Waals surface area contributed by atoms with Crippen LogP contribution in [-0.2, 0) is 6.42 Å². The van der Waals surface area contributed by atoms with Crippen LogP contribution in [0.4, 0.5) is 5.82 Å². The van der Waals surface area contributed by atoms with E-state index in [2.05, 4.69) is 9.97 Å². The molecule has 0 amide bonds. The van der Waals surface area contributed by atoms with Crippen LogP contribution in [-0.4, -0.2) is 38.8 Å². The van der Waals surface area contributed by atoms with Crippen LogP contribution >= 0.6 is 11.8 Å². The van der Waals surface area contributed by atoms with Gasteiger partial charge >= 0.3 is 0 Å². The Kier molecular flexibility index (Phi) is 4.91. The van der Waals surface area contributed by atoms with E-state index in [9.17, 15) is 5.11 Å². The normalized spacial score (nSPS) is 17.6. The highest BCUT2D eigenvalue weighted by molar-refractivity contribution is 7.99. The Hall–Kier alpha value is -3.30. The molecule has 0 radical (unpaired) electrons. The van der Waals surface area contributed by atoms with E-state index in [0.717, 1.165) is 16.0 Å². The molecule has 9 heteroatoms. The van der Waals surface area contributed by atoms with Gasteiger partial charge in [-0.1, -0.05) is 24.3 Å². The maximum atomic E-state index is 11.1. The molecular formula is C22H21N5O3S. The number of nitrogen functional groups attached to an aromatic ring is 1. The van der Waals surface area contributed by atoms with E-state index in [-0.39, 0.29) is 6.04 Å². The molecule has 0 saturated heterocycles. The minimum Gasteiger partial charge on any atom is -0.497 e. The molecule has 2 aromatic carbocycles. The Morgan fingerprint density at radius 2 is 1.97 bits per heavy atom. The van der Waals surface area contributed by atoms with Crippen LogP contribution in [0.5, 0.6) is 11.5 Å². The average molecular weight is 436 g/mol. The maximum absolute atomic E-state index is 11.1. The molecule has 4 aromatic rings. The van der Waals surface area contributed by atoms with Gasteiger partial charge < -0.3 is 20.3 Å². The standard InChI is InChI=1S/C22H21N5O3S/c1-29-13-7-8-16(30-2)17(10-13)31-22-26-18-20(23)24-11-25-21(18)27(22)15-9-12-5-3-4-6-14(12)19(15)28/h3-8,10-11,15,19,28H,9H2,1-2H3,(H2,23,24,25). The smallest absolute Gasteiger partial charge is 0.175 e. The highest BCUT2D eigenvalue weighted by atomic mass is 32.2. The van der Waals surface area contributed by atoms with Gasteiger partial charge in [0, 0.05) is 0 Å². The van der Waals surface area contributed by atoms with Gasteiger partial charge in [-0.3, -0.25) is 4.57 Å². The number of rotatable bonds is 5. The molecule has 0 fully saturated rings. The number of hydrogen-bond donors (Lipinski definition) is 2. The zero-order chi connectivity index (χ0) is 21.5. The lowest BCUT2D eigenvalue weighted by Crippen LogP contribution is -2.15. The number of nitrogens with zero attached hydrogens (tertiary/aromatic N) is 4. The summed E-state index contributed by atoms with van der Waals surface area (Å²) in [6.45, 7) is 0. The van der Waals surface area contributed by atoms with Crippen LogP contribution in [0.25, 0.3) is 11.2 Å². The monoisotopic (exact) mass is 435 g/mol. The Morgan fingerprint density at radius 1 is 1.13 bits per heavy atom. The summed E-state index contributed by atoms with van der Waals surface area (Å²) in [7, 11) is 3.24. The molecule has 5 rings (SSSR count). The predicted octanol–water partition coefficient (Wildman–Crippen LogP) is 3.41. The van der Waals surface area contributed by atoms with Gasteiger partial charge in [-0.15, -0.1) is 0 Å². The highest BCUT2D eigenvalue weighted by Gasteiger charge is 2.35. The third-order valence-corrected chi connectivity index (χ3v) is 6.55. The fraction of sp³-hybridized carbons (Fsp3) is 0.227. The Bertz CT molecular complexity index is 1280. The number of nitrogens with two attached hydrogens (primary N) is 1. The first-order valence-electron chi connectivity index (χ1n) is 9.75. The molecule has 31 heavy (non-hydrogen) atoms. The summed E-state index contributed by atoms with van der Waals surface area (Å²) in [5.74, 6) is 1.70. The molecule has 2 aromatic heterocycles. The first-order chi connectivity index (χ1) is 15.1. The first-order valence-corrected chi connectivity index (χ1v) is 10.6. The van der Waals surface area contributed by atoms with E-state index in [1.807, 2.05) is 47.0 Å². The Balaban J connectivity index is 1.66. The molecule has 2 atom stereocenters. The van der Waals surface area contributed by atoms with Gasteiger partial charge in [0.25, 0.3) is 0 Å². The number of aromatic nitrogens is 4. The molecule has 2 unspecified atom stereocenters. The summed E-state index contributed by atoms with van der Waals surface area (Å²) < 4.78 is 12.9. The van der Waals surface area contributed by atoms with E-state index in [1.165, 1.54) is 18.1 Å². The summed E-state index contributed by atoms with van der Waals surface area (Å²) in [4.78, 5) is 14.1. The van der Waals surface area contributed by atoms with Gasteiger partial charge in [0.1, 0.15) is 23.9 Å². The molecule has 2 heterocycles. The minimum atomic E-state index is -0.684. The lowest BCUT2D eigenvalue weighted by molar-refractivity contribution is 0.125. The van der Waals surface area contributed by atoms with Gasteiger partial charge in [0.15, 0.2) is 22.1 Å². The van der Waals surface area contributed by atoms with E-state index < -0.39 is 6.10 Å². The van der Waals surface area contributed by atoms with Crippen molar-refractivity contribution in [1.82, 2.24) is 19.5 Å². The number of aliphatic hydroxyl groups excluding tert-OH is 1. The molecule has 0 aliphatic heterocycles. The van der Waals surface area contributed by atoms with Crippen molar-refractivity contribution in [2.24, 2.45) is 0 Å². The summed E-state index contributed by atoms with van der Waals surface area (Å²) in [5, 5.41) is 11.8. The second kappa shape index (κ2) is 7.75. The van der Waals surface area contributed by atoms with E-state index in [1.54, 1.807) is 14.2 Å². The van der Waals surface area contributed by atoms with Crippen molar-refractivity contribution in [3.63, 3.8) is 0 Å². The van der Waals surface area contributed by atoms with Crippen molar-refractivity contribution in [3.05, 3.63) is 59.9 Å². The molecule has 1 aliphatic rings. The molecule has 3 N–H and O–H groups in total. The molecule has 0 spiro atoms. The Morgan fingerprint density at radius 3 is 2.74 bits per heavy atom. The third kappa shape index (κ3) is 3.26. The Labute approximate surface area is 183 Å². The van der Waals surface area contributed by atoms with Crippen LogP contribution in [0.15, 0.2) is 58.8 Å². The molecule has 158 valence electrons. The fourth-order valence-corrected chi connectivity index (χ4v) is 5.11. The topological polar surface area (TPSA) is 108 Å². The largest absolute Gasteiger partial charge is 0.497 e. The van der Waals surface area contributed by atoms with Crippen molar-refractivity contribution in [3.8, 4) is 11.5 Å². The number of fused-ring (bicyclic) bond motifs is 2. The summed E-state index contributed by atoms with van der Waals surface area (Å²) in [6.07, 6.45) is 1.40.